The lowest BCUT2D eigenvalue weighted by Gasteiger charge is -2.02. The Morgan fingerprint density at radius 3 is 2.91 bits per heavy atom. The average Bonchev–Trinajstić information content (AvgIpc) is 2.36. The Hall–Kier alpha value is -0.0200. The van der Waals surface area contributed by atoms with Crippen LogP contribution >= 0.6 is 23.3 Å². The van der Waals surface area contributed by atoms with E-state index in [2.05, 4.69) is 30.5 Å². The fourth-order valence-electron chi connectivity index (χ4n) is 0.890. The van der Waals surface area contributed by atoms with E-state index in [0.717, 1.165) is 5.75 Å². The molecule has 1 nitrogen and oxygen atoms in total. The maximum Gasteiger partial charge on any atom is 0.0703 e. The van der Waals surface area contributed by atoms with Crippen LogP contribution in [-0.2, 0) is 0 Å². The first-order chi connectivity index (χ1) is 5.25. The number of rotatable bonds is 3. The van der Waals surface area contributed by atoms with Crippen molar-refractivity contribution in [3.8, 4) is 0 Å². The number of thioether (sulfide) groups is 1. The molecule has 0 aliphatic carbocycles. The van der Waals surface area contributed by atoms with Gasteiger partial charge in [0.05, 0.1) is 5.69 Å². The predicted molar refractivity (Wildman–Crippen MR) is 52.6 cm³/mol. The van der Waals surface area contributed by atoms with Crippen molar-refractivity contribution in [3.05, 3.63) is 11.1 Å². The van der Waals surface area contributed by atoms with Gasteiger partial charge in [0.1, 0.15) is 0 Å². The summed E-state index contributed by atoms with van der Waals surface area (Å²) in [4.78, 5) is 1.37. The summed E-state index contributed by atoms with van der Waals surface area (Å²) in [5.74, 6) is 1.70. The van der Waals surface area contributed by atoms with E-state index in [-0.39, 0.29) is 0 Å². The Balaban J connectivity index is 2.78. The fraction of sp³-hybridized carbons (Fsp3) is 0.625. The lowest BCUT2D eigenvalue weighted by molar-refractivity contribution is 0.817. The normalized spacial score (nSPS) is 10.9. The average molecular weight is 187 g/mol. The van der Waals surface area contributed by atoms with Crippen LogP contribution in [0.15, 0.2) is 10.3 Å². The second kappa shape index (κ2) is 4.12. The summed E-state index contributed by atoms with van der Waals surface area (Å²) in [6, 6.07) is 0. The lowest BCUT2D eigenvalue weighted by atomic mass is 10.1. The van der Waals surface area contributed by atoms with Gasteiger partial charge in [-0.2, -0.15) is 4.37 Å². The molecule has 0 radical (unpaired) electrons. The van der Waals surface area contributed by atoms with Gasteiger partial charge in [-0.1, -0.05) is 20.8 Å². The fourth-order valence-corrected chi connectivity index (χ4v) is 2.78. The molecule has 0 aliphatic rings. The minimum atomic E-state index is 0.565. The Kier molecular flexibility index (Phi) is 3.40. The standard InChI is InChI=1S/C8H13NS2/c1-4-10-7-5-11-9-8(7)6(2)3/h5-6H,4H2,1-3H3. The zero-order chi connectivity index (χ0) is 8.27. The van der Waals surface area contributed by atoms with Crippen molar-refractivity contribution in [2.75, 3.05) is 5.75 Å². The molecule has 0 atom stereocenters. The molecule has 1 aromatic heterocycles. The first-order valence-corrected chi connectivity index (χ1v) is 5.65. The molecule has 1 aromatic rings. The second-order valence-electron chi connectivity index (χ2n) is 2.65. The molecule has 1 rings (SSSR count). The summed E-state index contributed by atoms with van der Waals surface area (Å²) in [5, 5.41) is 2.14. The summed E-state index contributed by atoms with van der Waals surface area (Å²) in [6.45, 7) is 6.55. The molecule has 1 heterocycles. The number of hydrogen-bond donors (Lipinski definition) is 0. The Bertz CT molecular complexity index is 218. The highest BCUT2D eigenvalue weighted by molar-refractivity contribution is 7.99. The van der Waals surface area contributed by atoms with Gasteiger partial charge >= 0.3 is 0 Å². The van der Waals surface area contributed by atoms with Gasteiger partial charge in [-0.15, -0.1) is 11.8 Å². The van der Waals surface area contributed by atoms with E-state index >= 15 is 0 Å². The molecule has 0 saturated carbocycles. The van der Waals surface area contributed by atoms with Crippen molar-refractivity contribution in [3.63, 3.8) is 0 Å². The van der Waals surface area contributed by atoms with Crippen molar-refractivity contribution < 1.29 is 0 Å². The highest BCUT2D eigenvalue weighted by Gasteiger charge is 2.08. The molecular weight excluding hydrogens is 174 g/mol. The molecule has 0 N–H and O–H groups in total. The Morgan fingerprint density at radius 2 is 2.36 bits per heavy atom. The monoisotopic (exact) mass is 187 g/mol. The molecule has 62 valence electrons. The summed E-state index contributed by atoms with van der Waals surface area (Å²) in [6.07, 6.45) is 0. The van der Waals surface area contributed by atoms with Crippen LogP contribution in [0, 0.1) is 0 Å². The van der Waals surface area contributed by atoms with Crippen LogP contribution in [0.5, 0.6) is 0 Å². The summed E-state index contributed by atoms with van der Waals surface area (Å²) in [5.41, 5.74) is 1.27. The Morgan fingerprint density at radius 1 is 1.64 bits per heavy atom. The zero-order valence-corrected chi connectivity index (χ0v) is 8.76. The van der Waals surface area contributed by atoms with Gasteiger partial charge in [-0.3, -0.25) is 0 Å². The minimum absolute atomic E-state index is 0.565. The SMILES string of the molecule is CCSc1csnc1C(C)C. The van der Waals surface area contributed by atoms with Crippen molar-refractivity contribution in [1.82, 2.24) is 4.37 Å². The summed E-state index contributed by atoms with van der Waals surface area (Å²) < 4.78 is 4.36. The first kappa shape index (κ1) is 9.07. The molecule has 0 spiro atoms. The van der Waals surface area contributed by atoms with Gasteiger partial charge in [0, 0.05) is 10.3 Å². The van der Waals surface area contributed by atoms with E-state index in [0.29, 0.717) is 5.92 Å². The van der Waals surface area contributed by atoms with E-state index in [9.17, 15) is 0 Å². The van der Waals surface area contributed by atoms with Crippen LogP contribution in [0.3, 0.4) is 0 Å². The third-order valence-electron chi connectivity index (χ3n) is 1.41. The van der Waals surface area contributed by atoms with Gasteiger partial charge in [-0.05, 0) is 23.2 Å². The van der Waals surface area contributed by atoms with Crippen molar-refractivity contribution in [2.45, 2.75) is 31.6 Å². The molecule has 0 fully saturated rings. The molecule has 0 aromatic carbocycles. The van der Waals surface area contributed by atoms with Crippen LogP contribution in [0.1, 0.15) is 32.4 Å². The van der Waals surface area contributed by atoms with Crippen molar-refractivity contribution in [1.29, 1.82) is 0 Å². The molecule has 0 unspecified atom stereocenters. The van der Waals surface area contributed by atoms with Crippen LogP contribution < -0.4 is 0 Å². The molecule has 0 saturated heterocycles. The molecule has 0 aliphatic heterocycles. The van der Waals surface area contributed by atoms with Crippen LogP contribution in [0.25, 0.3) is 0 Å². The largest absolute Gasteiger partial charge is 0.196 e. The molecular formula is C8H13NS2. The van der Waals surface area contributed by atoms with Crippen molar-refractivity contribution in [2.24, 2.45) is 0 Å². The Labute approximate surface area is 76.4 Å². The zero-order valence-electron chi connectivity index (χ0n) is 7.13. The van der Waals surface area contributed by atoms with Gasteiger partial charge in [0.2, 0.25) is 0 Å². The van der Waals surface area contributed by atoms with Gasteiger partial charge in [0.15, 0.2) is 0 Å². The smallest absolute Gasteiger partial charge is 0.0703 e. The highest BCUT2D eigenvalue weighted by Crippen LogP contribution is 2.28. The minimum Gasteiger partial charge on any atom is -0.196 e. The molecule has 3 heteroatoms. The van der Waals surface area contributed by atoms with E-state index in [1.807, 2.05) is 11.8 Å². The van der Waals surface area contributed by atoms with E-state index in [1.165, 1.54) is 10.6 Å². The van der Waals surface area contributed by atoms with Gasteiger partial charge in [-0.25, -0.2) is 0 Å². The number of hydrogen-bond acceptors (Lipinski definition) is 3. The van der Waals surface area contributed by atoms with Crippen molar-refractivity contribution >= 4 is 23.3 Å². The van der Waals surface area contributed by atoms with Crippen LogP contribution in [-0.4, -0.2) is 10.1 Å². The van der Waals surface area contributed by atoms with Crippen LogP contribution in [0.2, 0.25) is 0 Å². The quantitative estimate of drug-likeness (QED) is 0.673. The second-order valence-corrected chi connectivity index (χ2v) is 4.59. The van der Waals surface area contributed by atoms with E-state index < -0.39 is 0 Å². The van der Waals surface area contributed by atoms with Gasteiger partial charge in [0.25, 0.3) is 0 Å². The summed E-state index contributed by atoms with van der Waals surface area (Å²) >= 11 is 3.45. The highest BCUT2D eigenvalue weighted by atomic mass is 32.2. The predicted octanol–water partition coefficient (Wildman–Crippen LogP) is 3.38. The first-order valence-electron chi connectivity index (χ1n) is 3.82. The third kappa shape index (κ3) is 2.20. The van der Waals surface area contributed by atoms with E-state index in [1.54, 1.807) is 11.5 Å². The number of aromatic nitrogens is 1. The molecule has 0 amide bonds. The van der Waals surface area contributed by atoms with Crippen LogP contribution in [0.4, 0.5) is 0 Å². The third-order valence-corrected chi connectivity index (χ3v) is 3.13. The maximum atomic E-state index is 4.36. The topological polar surface area (TPSA) is 12.9 Å². The van der Waals surface area contributed by atoms with E-state index in [4.69, 9.17) is 0 Å². The number of nitrogens with zero attached hydrogens (tertiary/aromatic N) is 1. The maximum absolute atomic E-state index is 4.36. The lowest BCUT2D eigenvalue weighted by Crippen LogP contribution is -1.88. The molecule has 0 bridgehead atoms. The van der Waals surface area contributed by atoms with Gasteiger partial charge < -0.3 is 0 Å². The molecule has 11 heavy (non-hydrogen) atoms. The summed E-state index contributed by atoms with van der Waals surface area (Å²) in [7, 11) is 0.